The zero-order valence-corrected chi connectivity index (χ0v) is 14.9. The van der Waals surface area contributed by atoms with Crippen molar-refractivity contribution in [2.75, 3.05) is 13.1 Å². The van der Waals surface area contributed by atoms with Crippen LogP contribution in [-0.2, 0) is 4.79 Å². The summed E-state index contributed by atoms with van der Waals surface area (Å²) in [4.78, 5) is 26.3. The SMILES string of the molecule is CCN(CC)C(=O)C(C)NC(=O)c1cc(Br)cn1C(C)C. The van der Waals surface area contributed by atoms with Crippen molar-refractivity contribution in [3.05, 3.63) is 22.4 Å². The summed E-state index contributed by atoms with van der Waals surface area (Å²) in [5, 5.41) is 2.78. The molecule has 1 atom stereocenters. The minimum absolute atomic E-state index is 0.0601. The van der Waals surface area contributed by atoms with Crippen molar-refractivity contribution in [1.29, 1.82) is 0 Å². The van der Waals surface area contributed by atoms with Gasteiger partial charge < -0.3 is 14.8 Å². The second-order valence-corrected chi connectivity index (χ2v) is 6.17. The molecule has 0 saturated carbocycles. The van der Waals surface area contributed by atoms with Crippen LogP contribution in [0.3, 0.4) is 0 Å². The molecule has 0 saturated heterocycles. The van der Waals surface area contributed by atoms with Crippen LogP contribution in [0.1, 0.15) is 51.1 Å². The number of carbonyl (C=O) groups excluding carboxylic acids is 2. The Bertz CT molecular complexity index is 507. The Morgan fingerprint density at radius 2 is 1.86 bits per heavy atom. The molecule has 6 heteroatoms. The van der Waals surface area contributed by atoms with Gasteiger partial charge in [-0.15, -0.1) is 0 Å². The minimum atomic E-state index is -0.535. The fourth-order valence-corrected chi connectivity index (χ4v) is 2.63. The molecule has 0 bridgehead atoms. The molecule has 0 aromatic carbocycles. The zero-order valence-electron chi connectivity index (χ0n) is 13.3. The standard InChI is InChI=1S/C15H24BrN3O2/c1-6-18(7-2)15(21)11(5)17-14(20)13-8-12(16)9-19(13)10(3)4/h8-11H,6-7H2,1-5H3,(H,17,20). The van der Waals surface area contributed by atoms with Gasteiger partial charge in [0.05, 0.1) is 0 Å². The highest BCUT2D eigenvalue weighted by Gasteiger charge is 2.22. The summed E-state index contributed by atoms with van der Waals surface area (Å²) in [6.07, 6.45) is 1.87. The van der Waals surface area contributed by atoms with Crippen molar-refractivity contribution in [3.8, 4) is 0 Å². The number of nitrogens with zero attached hydrogens (tertiary/aromatic N) is 2. The van der Waals surface area contributed by atoms with Gasteiger partial charge in [-0.1, -0.05) is 0 Å². The number of likely N-dealkylation sites (N-methyl/N-ethyl adjacent to an activating group) is 1. The number of amides is 2. The number of nitrogens with one attached hydrogen (secondary N) is 1. The average molecular weight is 358 g/mol. The van der Waals surface area contributed by atoms with E-state index in [-0.39, 0.29) is 17.9 Å². The Morgan fingerprint density at radius 3 is 2.33 bits per heavy atom. The fraction of sp³-hybridized carbons (Fsp3) is 0.600. The van der Waals surface area contributed by atoms with Gasteiger partial charge in [-0.05, 0) is 56.6 Å². The molecular weight excluding hydrogens is 334 g/mol. The van der Waals surface area contributed by atoms with Crippen molar-refractivity contribution >= 4 is 27.7 Å². The van der Waals surface area contributed by atoms with Crippen molar-refractivity contribution in [2.24, 2.45) is 0 Å². The van der Waals surface area contributed by atoms with Gasteiger partial charge in [-0.3, -0.25) is 9.59 Å². The highest BCUT2D eigenvalue weighted by atomic mass is 79.9. The molecular formula is C15H24BrN3O2. The van der Waals surface area contributed by atoms with Crippen LogP contribution in [0.4, 0.5) is 0 Å². The summed E-state index contributed by atoms with van der Waals surface area (Å²) < 4.78 is 2.73. The van der Waals surface area contributed by atoms with Crippen molar-refractivity contribution in [3.63, 3.8) is 0 Å². The molecule has 0 aliphatic carbocycles. The Labute approximate surface area is 134 Å². The lowest BCUT2D eigenvalue weighted by atomic mass is 10.2. The summed E-state index contributed by atoms with van der Waals surface area (Å²) in [5.41, 5.74) is 0.552. The fourth-order valence-electron chi connectivity index (χ4n) is 2.20. The molecule has 1 aromatic heterocycles. The molecule has 1 unspecified atom stereocenters. The average Bonchev–Trinajstić information content (AvgIpc) is 2.82. The Hall–Kier alpha value is -1.30. The van der Waals surface area contributed by atoms with Crippen LogP contribution in [0, 0.1) is 0 Å². The lowest BCUT2D eigenvalue weighted by Gasteiger charge is -2.23. The van der Waals surface area contributed by atoms with Crippen molar-refractivity contribution < 1.29 is 9.59 Å². The molecule has 1 N–H and O–H groups in total. The quantitative estimate of drug-likeness (QED) is 0.850. The third-order valence-corrected chi connectivity index (χ3v) is 3.83. The van der Waals surface area contributed by atoms with Crippen molar-refractivity contribution in [2.45, 2.75) is 46.7 Å². The summed E-state index contributed by atoms with van der Waals surface area (Å²) in [5.74, 6) is -0.294. The summed E-state index contributed by atoms with van der Waals surface area (Å²) in [6.45, 7) is 10.9. The zero-order chi connectivity index (χ0) is 16.2. The second-order valence-electron chi connectivity index (χ2n) is 5.25. The van der Waals surface area contributed by atoms with Gasteiger partial charge in [0.25, 0.3) is 5.91 Å². The molecule has 0 radical (unpaired) electrons. The monoisotopic (exact) mass is 357 g/mol. The first-order chi connectivity index (χ1) is 9.81. The number of hydrogen-bond acceptors (Lipinski definition) is 2. The summed E-state index contributed by atoms with van der Waals surface area (Å²) in [6, 6.07) is 1.40. The van der Waals surface area contributed by atoms with E-state index in [0.29, 0.717) is 18.8 Å². The molecule has 0 spiro atoms. The first-order valence-electron chi connectivity index (χ1n) is 7.28. The largest absolute Gasteiger partial charge is 0.341 e. The maximum absolute atomic E-state index is 12.4. The van der Waals surface area contributed by atoms with E-state index in [2.05, 4.69) is 21.2 Å². The molecule has 118 valence electrons. The van der Waals surface area contributed by atoms with Crippen LogP contribution in [0.5, 0.6) is 0 Å². The highest BCUT2D eigenvalue weighted by molar-refractivity contribution is 9.10. The van der Waals surface area contributed by atoms with Crippen LogP contribution >= 0.6 is 15.9 Å². The maximum atomic E-state index is 12.4. The lowest BCUT2D eigenvalue weighted by molar-refractivity contribution is -0.132. The van der Waals surface area contributed by atoms with E-state index in [1.807, 2.05) is 38.5 Å². The van der Waals surface area contributed by atoms with Gasteiger partial charge in [-0.25, -0.2) is 0 Å². The lowest BCUT2D eigenvalue weighted by Crippen LogP contribution is -2.47. The number of aromatic nitrogens is 1. The number of carbonyl (C=O) groups is 2. The van der Waals surface area contributed by atoms with Crippen LogP contribution in [0.15, 0.2) is 16.7 Å². The Morgan fingerprint density at radius 1 is 1.29 bits per heavy atom. The first-order valence-corrected chi connectivity index (χ1v) is 8.08. The van der Waals surface area contributed by atoms with Gasteiger partial charge in [-0.2, -0.15) is 0 Å². The van der Waals surface area contributed by atoms with Gasteiger partial charge in [0.2, 0.25) is 5.91 Å². The maximum Gasteiger partial charge on any atom is 0.268 e. The Balaban J connectivity index is 2.84. The van der Waals surface area contributed by atoms with E-state index in [4.69, 9.17) is 0 Å². The summed E-state index contributed by atoms with van der Waals surface area (Å²) in [7, 11) is 0. The van der Waals surface area contributed by atoms with E-state index in [1.165, 1.54) is 0 Å². The van der Waals surface area contributed by atoms with Gasteiger partial charge in [0.1, 0.15) is 11.7 Å². The van der Waals surface area contributed by atoms with Gasteiger partial charge >= 0.3 is 0 Å². The van der Waals surface area contributed by atoms with Crippen LogP contribution in [0.25, 0.3) is 0 Å². The molecule has 5 nitrogen and oxygen atoms in total. The van der Waals surface area contributed by atoms with E-state index in [0.717, 1.165) is 4.47 Å². The first kappa shape index (κ1) is 17.8. The summed E-state index contributed by atoms with van der Waals surface area (Å²) >= 11 is 3.38. The van der Waals surface area contributed by atoms with E-state index in [9.17, 15) is 9.59 Å². The molecule has 1 heterocycles. The predicted octanol–water partition coefficient (Wildman–Crippen LogP) is 2.82. The topological polar surface area (TPSA) is 54.3 Å². The van der Waals surface area contributed by atoms with Crippen molar-refractivity contribution in [1.82, 2.24) is 14.8 Å². The number of halogens is 1. The normalized spacial score (nSPS) is 12.3. The third-order valence-electron chi connectivity index (χ3n) is 3.40. The van der Waals surface area contributed by atoms with Crippen LogP contribution in [0.2, 0.25) is 0 Å². The van der Waals surface area contributed by atoms with E-state index in [1.54, 1.807) is 17.9 Å². The second kappa shape index (κ2) is 7.64. The molecule has 0 fully saturated rings. The van der Waals surface area contributed by atoms with E-state index < -0.39 is 6.04 Å². The van der Waals surface area contributed by atoms with Gasteiger partial charge in [0, 0.05) is 29.8 Å². The smallest absolute Gasteiger partial charge is 0.268 e. The molecule has 1 rings (SSSR count). The Kier molecular flexibility index (Phi) is 6.45. The molecule has 1 aromatic rings. The van der Waals surface area contributed by atoms with Gasteiger partial charge in [0.15, 0.2) is 0 Å². The molecule has 21 heavy (non-hydrogen) atoms. The van der Waals surface area contributed by atoms with E-state index >= 15 is 0 Å². The third kappa shape index (κ3) is 4.33. The molecule has 0 aliphatic heterocycles. The highest BCUT2D eigenvalue weighted by Crippen LogP contribution is 2.19. The van der Waals surface area contributed by atoms with Crippen LogP contribution in [-0.4, -0.2) is 40.4 Å². The number of hydrogen-bond donors (Lipinski definition) is 1. The predicted molar refractivity (Wildman–Crippen MR) is 87.4 cm³/mol. The molecule has 2 amide bonds. The number of rotatable bonds is 6. The minimum Gasteiger partial charge on any atom is -0.341 e. The van der Waals surface area contributed by atoms with Crippen LogP contribution < -0.4 is 5.32 Å². The molecule has 0 aliphatic rings.